The Labute approximate surface area is 135 Å². The molecule has 0 radical (unpaired) electrons. The van der Waals surface area contributed by atoms with Crippen LogP contribution in [-0.2, 0) is 6.18 Å². The molecule has 0 aliphatic heterocycles. The van der Waals surface area contributed by atoms with Gasteiger partial charge in [-0.3, -0.25) is 15.2 Å². The molecule has 0 atom stereocenters. The van der Waals surface area contributed by atoms with Gasteiger partial charge in [-0.25, -0.2) is 10.2 Å². The van der Waals surface area contributed by atoms with Gasteiger partial charge in [-0.2, -0.15) is 13.2 Å². The average Bonchev–Trinajstić information content (AvgIpc) is 2.52. The lowest BCUT2D eigenvalue weighted by molar-refractivity contribution is -0.137. The Bertz CT molecular complexity index is 762. The molecule has 6 nitrogen and oxygen atoms in total. The lowest BCUT2D eigenvalue weighted by Crippen LogP contribution is -2.44. The molecule has 0 spiro atoms. The van der Waals surface area contributed by atoms with Gasteiger partial charge in [0, 0.05) is 11.9 Å². The molecule has 0 fully saturated rings. The van der Waals surface area contributed by atoms with Gasteiger partial charge in [0.25, 0.3) is 5.91 Å². The molecule has 3 N–H and O–H groups in total. The van der Waals surface area contributed by atoms with Crippen LogP contribution >= 0.6 is 0 Å². The molecule has 0 unspecified atom stereocenters. The van der Waals surface area contributed by atoms with E-state index in [0.717, 1.165) is 18.2 Å². The van der Waals surface area contributed by atoms with Crippen LogP contribution in [0.25, 0.3) is 0 Å². The van der Waals surface area contributed by atoms with Gasteiger partial charge in [-0.1, -0.05) is 6.07 Å². The Morgan fingerprint density at radius 1 is 1.08 bits per heavy atom. The van der Waals surface area contributed by atoms with Crippen LogP contribution < -0.4 is 16.2 Å². The van der Waals surface area contributed by atoms with Crippen molar-refractivity contribution < 1.29 is 22.8 Å². The average molecular weight is 338 g/mol. The number of anilines is 1. The van der Waals surface area contributed by atoms with Crippen LogP contribution in [0.3, 0.4) is 0 Å². The first kappa shape index (κ1) is 17.3. The number of hydrogen-bond acceptors (Lipinski definition) is 3. The molecule has 9 heteroatoms. The number of carbonyl (C=O) groups is 2. The fourth-order valence-electron chi connectivity index (χ4n) is 1.84. The van der Waals surface area contributed by atoms with Gasteiger partial charge in [-0.15, -0.1) is 0 Å². The maximum atomic E-state index is 12.6. The topological polar surface area (TPSA) is 83.1 Å². The summed E-state index contributed by atoms with van der Waals surface area (Å²) in [5.74, 6) is -0.597. The van der Waals surface area contributed by atoms with Crippen molar-refractivity contribution in [3.63, 3.8) is 0 Å². The number of nitrogens with one attached hydrogen (secondary N) is 3. The SMILES string of the molecule is Cc1ncccc1C(=O)NNC(=O)Nc1cccc(C(F)(F)F)c1. The van der Waals surface area contributed by atoms with E-state index in [0.29, 0.717) is 5.69 Å². The highest BCUT2D eigenvalue weighted by Crippen LogP contribution is 2.30. The molecule has 1 heterocycles. The number of urea groups is 1. The van der Waals surface area contributed by atoms with E-state index in [1.807, 2.05) is 0 Å². The quantitative estimate of drug-likeness (QED) is 0.736. The third kappa shape index (κ3) is 4.45. The van der Waals surface area contributed by atoms with E-state index in [4.69, 9.17) is 0 Å². The molecule has 2 rings (SSSR count). The third-order valence-electron chi connectivity index (χ3n) is 2.99. The van der Waals surface area contributed by atoms with Crippen LogP contribution in [0.4, 0.5) is 23.7 Å². The number of hydrogen-bond donors (Lipinski definition) is 3. The number of pyridine rings is 1. The number of alkyl halides is 3. The van der Waals surface area contributed by atoms with Crippen LogP contribution in [0.1, 0.15) is 21.6 Å². The van der Waals surface area contributed by atoms with E-state index in [9.17, 15) is 22.8 Å². The Morgan fingerprint density at radius 3 is 2.50 bits per heavy atom. The van der Waals surface area contributed by atoms with Gasteiger partial charge in [-0.05, 0) is 37.3 Å². The number of nitrogens with zero attached hydrogens (tertiary/aromatic N) is 1. The highest BCUT2D eigenvalue weighted by Gasteiger charge is 2.30. The minimum absolute atomic E-state index is 0.0610. The van der Waals surface area contributed by atoms with Gasteiger partial charge in [0.05, 0.1) is 16.8 Å². The van der Waals surface area contributed by atoms with Crippen molar-refractivity contribution in [1.82, 2.24) is 15.8 Å². The molecule has 24 heavy (non-hydrogen) atoms. The molecule has 0 aliphatic carbocycles. The number of aryl methyl sites for hydroxylation is 1. The number of benzene rings is 1. The molecular weight excluding hydrogens is 325 g/mol. The summed E-state index contributed by atoms with van der Waals surface area (Å²) in [5, 5.41) is 2.20. The molecule has 0 saturated heterocycles. The first-order valence-corrected chi connectivity index (χ1v) is 6.73. The largest absolute Gasteiger partial charge is 0.416 e. The van der Waals surface area contributed by atoms with Crippen molar-refractivity contribution in [3.05, 3.63) is 59.4 Å². The smallest absolute Gasteiger partial charge is 0.307 e. The molecule has 0 bridgehead atoms. The van der Waals surface area contributed by atoms with Gasteiger partial charge in [0.1, 0.15) is 0 Å². The molecule has 126 valence electrons. The first-order valence-electron chi connectivity index (χ1n) is 6.73. The van der Waals surface area contributed by atoms with Crippen LogP contribution in [0, 0.1) is 6.92 Å². The highest BCUT2D eigenvalue weighted by molar-refractivity contribution is 5.97. The number of rotatable bonds is 2. The number of amides is 3. The molecule has 0 aliphatic rings. The summed E-state index contributed by atoms with van der Waals surface area (Å²) in [4.78, 5) is 27.5. The predicted octanol–water partition coefficient (Wildman–Crippen LogP) is 2.88. The van der Waals surface area contributed by atoms with Crippen molar-refractivity contribution >= 4 is 17.6 Å². The highest BCUT2D eigenvalue weighted by atomic mass is 19.4. The minimum Gasteiger partial charge on any atom is -0.307 e. The first-order chi connectivity index (χ1) is 11.3. The van der Waals surface area contributed by atoms with E-state index in [1.54, 1.807) is 13.0 Å². The zero-order chi connectivity index (χ0) is 17.7. The number of aromatic nitrogens is 1. The maximum Gasteiger partial charge on any atom is 0.416 e. The summed E-state index contributed by atoms with van der Waals surface area (Å²) >= 11 is 0. The Morgan fingerprint density at radius 2 is 1.83 bits per heavy atom. The van der Waals surface area contributed by atoms with E-state index < -0.39 is 23.7 Å². The minimum atomic E-state index is -4.51. The van der Waals surface area contributed by atoms with Crippen molar-refractivity contribution in [3.8, 4) is 0 Å². The molecule has 2 aromatic rings. The Balaban J connectivity index is 1.95. The van der Waals surface area contributed by atoms with Crippen LogP contribution in [0.2, 0.25) is 0 Å². The van der Waals surface area contributed by atoms with Crippen molar-refractivity contribution in [2.75, 3.05) is 5.32 Å². The number of carbonyl (C=O) groups excluding carboxylic acids is 2. The number of halogens is 3. The second-order valence-corrected chi connectivity index (χ2v) is 4.75. The molecule has 1 aromatic carbocycles. The van der Waals surface area contributed by atoms with E-state index >= 15 is 0 Å². The monoisotopic (exact) mass is 338 g/mol. The number of hydrazine groups is 1. The van der Waals surface area contributed by atoms with E-state index in [2.05, 4.69) is 21.2 Å². The molecule has 3 amide bonds. The lowest BCUT2D eigenvalue weighted by atomic mass is 10.2. The third-order valence-corrected chi connectivity index (χ3v) is 2.99. The normalized spacial score (nSPS) is 10.8. The van der Waals surface area contributed by atoms with E-state index in [-0.39, 0.29) is 11.3 Å². The van der Waals surface area contributed by atoms with Crippen molar-refractivity contribution in [2.24, 2.45) is 0 Å². The fraction of sp³-hybridized carbons (Fsp3) is 0.133. The summed E-state index contributed by atoms with van der Waals surface area (Å²) in [6.07, 6.45) is -3.00. The molecule has 1 aromatic heterocycles. The van der Waals surface area contributed by atoms with Gasteiger partial charge in [0.15, 0.2) is 0 Å². The second-order valence-electron chi connectivity index (χ2n) is 4.75. The summed E-state index contributed by atoms with van der Waals surface area (Å²) < 4.78 is 37.8. The lowest BCUT2D eigenvalue weighted by Gasteiger charge is -2.11. The Kier molecular flexibility index (Phi) is 5.02. The summed E-state index contributed by atoms with van der Waals surface area (Å²) in [7, 11) is 0. The van der Waals surface area contributed by atoms with Gasteiger partial charge >= 0.3 is 12.2 Å². The zero-order valence-corrected chi connectivity index (χ0v) is 12.4. The van der Waals surface area contributed by atoms with Crippen LogP contribution in [-0.4, -0.2) is 16.9 Å². The second kappa shape index (κ2) is 6.99. The maximum absolute atomic E-state index is 12.6. The van der Waals surface area contributed by atoms with Crippen LogP contribution in [0.15, 0.2) is 42.6 Å². The predicted molar refractivity (Wildman–Crippen MR) is 80.0 cm³/mol. The molecular formula is C15H13F3N4O2. The summed E-state index contributed by atoms with van der Waals surface area (Å²) in [5.41, 5.74) is 3.97. The fourth-order valence-corrected chi connectivity index (χ4v) is 1.84. The standard InChI is InChI=1S/C15H13F3N4O2/c1-9-12(6-3-7-19-9)13(23)21-22-14(24)20-11-5-2-4-10(8-11)15(16,17)18/h2-8H,1H3,(H,21,23)(H2,20,22,24). The van der Waals surface area contributed by atoms with E-state index in [1.165, 1.54) is 18.3 Å². The summed E-state index contributed by atoms with van der Waals surface area (Å²) in [6, 6.07) is 6.32. The molecule has 0 saturated carbocycles. The van der Waals surface area contributed by atoms with Gasteiger partial charge in [0.2, 0.25) is 0 Å². The van der Waals surface area contributed by atoms with Crippen LogP contribution in [0.5, 0.6) is 0 Å². The Hall–Kier alpha value is -3.10. The van der Waals surface area contributed by atoms with Crippen molar-refractivity contribution in [2.45, 2.75) is 13.1 Å². The van der Waals surface area contributed by atoms with Crippen molar-refractivity contribution in [1.29, 1.82) is 0 Å². The zero-order valence-electron chi connectivity index (χ0n) is 12.4. The van der Waals surface area contributed by atoms with Gasteiger partial charge < -0.3 is 5.32 Å². The summed E-state index contributed by atoms with van der Waals surface area (Å²) in [6.45, 7) is 1.62.